The van der Waals surface area contributed by atoms with Crippen LogP contribution in [0.5, 0.6) is 0 Å². The predicted molar refractivity (Wildman–Crippen MR) is 91.8 cm³/mol. The molecular formula is C18H21FN4O2. The van der Waals surface area contributed by atoms with Gasteiger partial charge in [0.15, 0.2) is 0 Å². The first-order valence-corrected chi connectivity index (χ1v) is 8.35. The average molecular weight is 344 g/mol. The monoisotopic (exact) mass is 344 g/mol. The Labute approximate surface area is 145 Å². The van der Waals surface area contributed by atoms with Crippen LogP contribution in [0.2, 0.25) is 0 Å². The molecule has 25 heavy (non-hydrogen) atoms. The molecule has 0 unspecified atom stereocenters. The van der Waals surface area contributed by atoms with Crippen molar-refractivity contribution in [3.8, 4) is 0 Å². The predicted octanol–water partition coefficient (Wildman–Crippen LogP) is 1.61. The quantitative estimate of drug-likeness (QED) is 0.883. The highest BCUT2D eigenvalue weighted by atomic mass is 19.1. The zero-order chi connectivity index (χ0) is 17.8. The van der Waals surface area contributed by atoms with Crippen molar-refractivity contribution in [1.29, 1.82) is 0 Å². The van der Waals surface area contributed by atoms with Crippen LogP contribution in [0.1, 0.15) is 34.6 Å². The van der Waals surface area contributed by atoms with E-state index in [4.69, 9.17) is 0 Å². The van der Waals surface area contributed by atoms with Gasteiger partial charge >= 0.3 is 0 Å². The molecule has 1 aliphatic rings. The van der Waals surface area contributed by atoms with E-state index in [9.17, 15) is 14.0 Å². The van der Waals surface area contributed by atoms with Gasteiger partial charge in [0.2, 0.25) is 0 Å². The third kappa shape index (κ3) is 4.51. The van der Waals surface area contributed by atoms with Gasteiger partial charge in [0, 0.05) is 25.3 Å². The highest BCUT2D eigenvalue weighted by Crippen LogP contribution is 2.14. The highest BCUT2D eigenvalue weighted by molar-refractivity contribution is 5.93. The molecule has 1 aliphatic heterocycles. The summed E-state index contributed by atoms with van der Waals surface area (Å²) in [6, 6.07) is 6.43. The number of rotatable bonds is 4. The fourth-order valence-electron chi connectivity index (χ4n) is 3.07. The summed E-state index contributed by atoms with van der Waals surface area (Å²) in [6.45, 7) is 3.99. The number of nitrogens with zero attached hydrogens (tertiary/aromatic N) is 2. The SMILES string of the molecule is Cc1ncc(C(=O)N[C@@H]2CCCN(Cc3ccc(F)cc3)C2)c(=O)[nH]1. The Balaban J connectivity index is 1.60. The second-order valence-electron chi connectivity index (χ2n) is 6.39. The van der Waals surface area contributed by atoms with Gasteiger partial charge in [-0.2, -0.15) is 0 Å². The maximum absolute atomic E-state index is 13.0. The van der Waals surface area contributed by atoms with E-state index < -0.39 is 11.5 Å². The summed E-state index contributed by atoms with van der Waals surface area (Å²) in [4.78, 5) is 32.9. The third-order valence-corrected chi connectivity index (χ3v) is 4.33. The number of carbonyl (C=O) groups excluding carboxylic acids is 1. The minimum atomic E-state index is -0.427. The van der Waals surface area contributed by atoms with Crippen LogP contribution in [0.25, 0.3) is 0 Å². The van der Waals surface area contributed by atoms with Crippen LogP contribution in [0.15, 0.2) is 35.3 Å². The number of halogens is 1. The van der Waals surface area contributed by atoms with E-state index in [-0.39, 0.29) is 17.4 Å². The van der Waals surface area contributed by atoms with Crippen LogP contribution in [-0.4, -0.2) is 39.9 Å². The Morgan fingerprint density at radius 1 is 1.40 bits per heavy atom. The molecule has 0 bridgehead atoms. The molecule has 1 atom stereocenters. The minimum absolute atomic E-state index is 0.0256. The Kier molecular flexibility index (Phi) is 5.23. The standard InChI is InChI=1S/C18H21FN4O2/c1-12-20-9-16(17(24)21-12)18(25)22-15-3-2-8-23(11-15)10-13-4-6-14(19)7-5-13/h4-7,9,15H,2-3,8,10-11H2,1H3,(H,22,25)(H,20,21,24)/t15-/m1/s1. The maximum atomic E-state index is 13.0. The van der Waals surface area contributed by atoms with Gasteiger partial charge in [-0.25, -0.2) is 9.37 Å². The van der Waals surface area contributed by atoms with Crippen molar-refractivity contribution in [2.75, 3.05) is 13.1 Å². The first kappa shape index (κ1) is 17.3. The van der Waals surface area contributed by atoms with E-state index in [2.05, 4.69) is 20.2 Å². The largest absolute Gasteiger partial charge is 0.348 e. The number of hydrogen-bond donors (Lipinski definition) is 2. The summed E-state index contributed by atoms with van der Waals surface area (Å²) in [5.41, 5.74) is 0.637. The van der Waals surface area contributed by atoms with Crippen molar-refractivity contribution in [3.63, 3.8) is 0 Å². The Morgan fingerprint density at radius 3 is 2.88 bits per heavy atom. The lowest BCUT2D eigenvalue weighted by molar-refractivity contribution is 0.0899. The third-order valence-electron chi connectivity index (χ3n) is 4.33. The lowest BCUT2D eigenvalue weighted by Gasteiger charge is -2.33. The summed E-state index contributed by atoms with van der Waals surface area (Å²) in [6.07, 6.45) is 3.13. The average Bonchev–Trinajstić information content (AvgIpc) is 2.57. The van der Waals surface area contributed by atoms with E-state index in [0.29, 0.717) is 18.9 Å². The van der Waals surface area contributed by atoms with E-state index in [1.807, 2.05) is 0 Å². The number of carbonyl (C=O) groups is 1. The number of amides is 1. The van der Waals surface area contributed by atoms with Crippen molar-refractivity contribution in [2.24, 2.45) is 0 Å². The van der Waals surface area contributed by atoms with Crippen molar-refractivity contribution in [1.82, 2.24) is 20.2 Å². The molecule has 0 radical (unpaired) electrons. The van der Waals surface area contributed by atoms with Gasteiger partial charge in [-0.15, -0.1) is 0 Å². The molecule has 1 aromatic carbocycles. The van der Waals surface area contributed by atoms with Gasteiger partial charge in [-0.1, -0.05) is 12.1 Å². The number of benzene rings is 1. The maximum Gasteiger partial charge on any atom is 0.263 e. The first-order valence-electron chi connectivity index (χ1n) is 8.35. The Hall–Kier alpha value is -2.54. The summed E-state index contributed by atoms with van der Waals surface area (Å²) >= 11 is 0. The number of nitrogens with one attached hydrogen (secondary N) is 2. The van der Waals surface area contributed by atoms with Crippen LogP contribution in [0, 0.1) is 12.7 Å². The molecule has 1 fully saturated rings. The summed E-state index contributed by atoms with van der Waals surface area (Å²) in [7, 11) is 0. The molecule has 0 aliphatic carbocycles. The van der Waals surface area contributed by atoms with Crippen molar-refractivity contribution >= 4 is 5.91 Å². The number of likely N-dealkylation sites (tertiary alicyclic amines) is 1. The molecule has 132 valence electrons. The molecule has 2 heterocycles. The van der Waals surface area contributed by atoms with E-state index in [1.165, 1.54) is 18.3 Å². The molecule has 2 aromatic rings. The summed E-state index contributed by atoms with van der Waals surface area (Å²) in [5.74, 6) is -0.170. The molecule has 3 rings (SSSR count). The molecule has 0 spiro atoms. The van der Waals surface area contributed by atoms with E-state index in [1.54, 1.807) is 19.1 Å². The Morgan fingerprint density at radius 2 is 2.16 bits per heavy atom. The van der Waals surface area contributed by atoms with Crippen molar-refractivity contribution in [3.05, 3.63) is 63.6 Å². The lowest BCUT2D eigenvalue weighted by atomic mass is 10.0. The molecule has 0 saturated carbocycles. The van der Waals surface area contributed by atoms with Gasteiger partial charge in [0.1, 0.15) is 17.2 Å². The summed E-state index contributed by atoms with van der Waals surface area (Å²) in [5, 5.41) is 2.92. The van der Waals surface area contributed by atoms with Gasteiger partial charge in [-0.05, 0) is 44.0 Å². The highest BCUT2D eigenvalue weighted by Gasteiger charge is 2.23. The van der Waals surface area contributed by atoms with E-state index in [0.717, 1.165) is 24.9 Å². The minimum Gasteiger partial charge on any atom is -0.348 e. The van der Waals surface area contributed by atoms with Crippen molar-refractivity contribution < 1.29 is 9.18 Å². The van der Waals surface area contributed by atoms with Crippen LogP contribution in [0.4, 0.5) is 4.39 Å². The Bertz CT molecular complexity index is 803. The second-order valence-corrected chi connectivity index (χ2v) is 6.39. The molecule has 1 aromatic heterocycles. The van der Waals surface area contributed by atoms with Gasteiger partial charge in [0.05, 0.1) is 0 Å². The van der Waals surface area contributed by atoms with Crippen LogP contribution >= 0.6 is 0 Å². The van der Waals surface area contributed by atoms with Crippen LogP contribution < -0.4 is 10.9 Å². The number of aromatic nitrogens is 2. The second kappa shape index (κ2) is 7.57. The number of H-pyrrole nitrogens is 1. The lowest BCUT2D eigenvalue weighted by Crippen LogP contribution is -2.48. The zero-order valence-corrected chi connectivity index (χ0v) is 14.1. The van der Waals surface area contributed by atoms with Crippen LogP contribution in [-0.2, 0) is 6.54 Å². The van der Waals surface area contributed by atoms with Gasteiger partial charge in [0.25, 0.3) is 11.5 Å². The van der Waals surface area contributed by atoms with Gasteiger partial charge < -0.3 is 10.3 Å². The number of piperidine rings is 1. The summed E-state index contributed by atoms with van der Waals surface area (Å²) < 4.78 is 13.0. The molecule has 7 heteroatoms. The van der Waals surface area contributed by atoms with Crippen LogP contribution in [0.3, 0.4) is 0 Å². The first-order chi connectivity index (χ1) is 12.0. The fraction of sp³-hybridized carbons (Fsp3) is 0.389. The number of aromatic amines is 1. The molecule has 2 N–H and O–H groups in total. The smallest absolute Gasteiger partial charge is 0.263 e. The molecule has 1 amide bonds. The van der Waals surface area contributed by atoms with Gasteiger partial charge in [-0.3, -0.25) is 14.5 Å². The fourth-order valence-corrected chi connectivity index (χ4v) is 3.07. The normalized spacial score (nSPS) is 18.1. The molecular weight excluding hydrogens is 323 g/mol. The molecule has 1 saturated heterocycles. The topological polar surface area (TPSA) is 78.1 Å². The van der Waals surface area contributed by atoms with E-state index >= 15 is 0 Å². The number of hydrogen-bond acceptors (Lipinski definition) is 4. The van der Waals surface area contributed by atoms with Crippen molar-refractivity contribution in [2.45, 2.75) is 32.4 Å². The number of aryl methyl sites for hydroxylation is 1. The molecule has 6 nitrogen and oxygen atoms in total. The zero-order valence-electron chi connectivity index (χ0n) is 14.1.